The molecule has 1 saturated carbocycles. The Bertz CT molecular complexity index is 678. The average molecular weight is 371 g/mol. The van der Waals surface area contributed by atoms with Crippen molar-refractivity contribution < 1.29 is 5.11 Å². The molecule has 1 fully saturated rings. The first-order valence-electron chi connectivity index (χ1n) is 8.73. The SMILES string of the molecule is Cc1c(C)n(CC(O)CNC2CCCCC2)c2c(Cl)cccc12.Cl. The maximum absolute atomic E-state index is 10.5. The second-order valence-electron chi connectivity index (χ2n) is 6.85. The van der Waals surface area contributed by atoms with E-state index in [0.717, 1.165) is 10.5 Å². The lowest BCUT2D eigenvalue weighted by atomic mass is 9.95. The summed E-state index contributed by atoms with van der Waals surface area (Å²) in [6.07, 6.45) is 6.05. The number of rotatable bonds is 5. The van der Waals surface area contributed by atoms with Gasteiger partial charge in [0, 0.05) is 23.7 Å². The normalized spacial score (nSPS) is 17.0. The fourth-order valence-electron chi connectivity index (χ4n) is 3.77. The Hall–Kier alpha value is -0.740. The van der Waals surface area contributed by atoms with Crippen molar-refractivity contribution in [3.63, 3.8) is 0 Å². The highest BCUT2D eigenvalue weighted by atomic mass is 35.5. The lowest BCUT2D eigenvalue weighted by molar-refractivity contribution is 0.145. The third-order valence-corrected chi connectivity index (χ3v) is 5.55. The van der Waals surface area contributed by atoms with Crippen LogP contribution in [0.3, 0.4) is 0 Å². The molecule has 1 aromatic carbocycles. The monoisotopic (exact) mass is 370 g/mol. The van der Waals surface area contributed by atoms with Gasteiger partial charge in [-0.1, -0.05) is 43.0 Å². The number of hydrogen-bond acceptors (Lipinski definition) is 2. The van der Waals surface area contributed by atoms with E-state index in [1.54, 1.807) is 0 Å². The minimum atomic E-state index is -0.401. The zero-order valence-corrected chi connectivity index (χ0v) is 16.1. The van der Waals surface area contributed by atoms with E-state index >= 15 is 0 Å². The molecule has 1 atom stereocenters. The summed E-state index contributed by atoms with van der Waals surface area (Å²) in [5.41, 5.74) is 3.47. The summed E-state index contributed by atoms with van der Waals surface area (Å²) < 4.78 is 2.17. The number of hydrogen-bond donors (Lipinski definition) is 2. The van der Waals surface area contributed by atoms with E-state index in [1.165, 1.54) is 48.7 Å². The van der Waals surface area contributed by atoms with Gasteiger partial charge in [0.15, 0.2) is 0 Å². The van der Waals surface area contributed by atoms with Gasteiger partial charge in [-0.25, -0.2) is 0 Å². The van der Waals surface area contributed by atoms with E-state index in [0.29, 0.717) is 19.1 Å². The molecule has 2 N–H and O–H groups in total. The lowest BCUT2D eigenvalue weighted by Gasteiger charge is -2.24. The van der Waals surface area contributed by atoms with Crippen molar-refractivity contribution in [1.82, 2.24) is 9.88 Å². The lowest BCUT2D eigenvalue weighted by Crippen LogP contribution is -2.38. The molecule has 134 valence electrons. The van der Waals surface area contributed by atoms with Crippen LogP contribution in [0.5, 0.6) is 0 Å². The molecular formula is C19H28Cl2N2O. The maximum atomic E-state index is 10.5. The van der Waals surface area contributed by atoms with Gasteiger partial charge in [-0.3, -0.25) is 0 Å². The summed E-state index contributed by atoms with van der Waals surface area (Å²) in [6.45, 7) is 5.46. The highest BCUT2D eigenvalue weighted by Crippen LogP contribution is 2.30. The first kappa shape index (κ1) is 19.6. The van der Waals surface area contributed by atoms with Crippen LogP contribution < -0.4 is 5.32 Å². The van der Waals surface area contributed by atoms with Gasteiger partial charge in [-0.05, 0) is 38.3 Å². The Balaban J connectivity index is 0.00000208. The van der Waals surface area contributed by atoms with Crippen LogP contribution in [0.25, 0.3) is 10.9 Å². The number of para-hydroxylation sites is 1. The number of fused-ring (bicyclic) bond motifs is 1. The molecule has 1 aliphatic rings. The fourth-order valence-corrected chi connectivity index (χ4v) is 4.05. The van der Waals surface area contributed by atoms with Gasteiger partial charge < -0.3 is 15.0 Å². The Labute approximate surface area is 155 Å². The Kier molecular flexibility index (Phi) is 6.99. The zero-order valence-electron chi connectivity index (χ0n) is 14.5. The number of aliphatic hydroxyl groups excluding tert-OH is 1. The molecule has 0 radical (unpaired) electrons. The molecule has 1 aromatic heterocycles. The van der Waals surface area contributed by atoms with Crippen LogP contribution in [-0.2, 0) is 6.54 Å². The van der Waals surface area contributed by atoms with Gasteiger partial charge in [0.05, 0.1) is 23.2 Å². The number of nitrogens with zero attached hydrogens (tertiary/aromatic N) is 1. The smallest absolute Gasteiger partial charge is 0.0843 e. The van der Waals surface area contributed by atoms with Crippen LogP contribution in [-0.4, -0.2) is 28.4 Å². The van der Waals surface area contributed by atoms with Crippen molar-refractivity contribution in [1.29, 1.82) is 0 Å². The van der Waals surface area contributed by atoms with E-state index in [4.69, 9.17) is 11.6 Å². The highest BCUT2D eigenvalue weighted by molar-refractivity contribution is 6.35. The summed E-state index contributed by atoms with van der Waals surface area (Å²) in [5, 5.41) is 16.0. The number of aryl methyl sites for hydroxylation is 1. The van der Waals surface area contributed by atoms with Crippen LogP contribution in [0.15, 0.2) is 18.2 Å². The first-order valence-corrected chi connectivity index (χ1v) is 9.11. The summed E-state index contributed by atoms with van der Waals surface area (Å²) >= 11 is 6.41. The molecule has 0 saturated heterocycles. The molecule has 3 nitrogen and oxygen atoms in total. The molecule has 2 aromatic rings. The first-order chi connectivity index (χ1) is 11.1. The number of aromatic nitrogens is 1. The van der Waals surface area contributed by atoms with Crippen LogP contribution in [0.4, 0.5) is 0 Å². The van der Waals surface area contributed by atoms with Crippen LogP contribution in [0.2, 0.25) is 5.02 Å². The molecular weight excluding hydrogens is 343 g/mol. The third kappa shape index (κ3) is 4.08. The van der Waals surface area contributed by atoms with Gasteiger partial charge >= 0.3 is 0 Å². The average Bonchev–Trinajstić information content (AvgIpc) is 2.80. The molecule has 0 bridgehead atoms. The Morgan fingerprint density at radius 2 is 1.96 bits per heavy atom. The molecule has 0 spiro atoms. The topological polar surface area (TPSA) is 37.2 Å². The number of aliphatic hydroxyl groups is 1. The number of halogens is 2. The molecule has 1 aliphatic carbocycles. The second-order valence-corrected chi connectivity index (χ2v) is 7.26. The summed E-state index contributed by atoms with van der Waals surface area (Å²) in [7, 11) is 0. The predicted molar refractivity (Wildman–Crippen MR) is 105 cm³/mol. The summed E-state index contributed by atoms with van der Waals surface area (Å²) in [5.74, 6) is 0. The standard InChI is InChI=1S/C19H27ClN2O.ClH/c1-13-14(2)22(19-17(13)9-6-10-18(19)20)12-16(23)11-21-15-7-4-3-5-8-15;/h6,9-10,15-16,21,23H,3-5,7-8,11-12H2,1-2H3;1H. The molecule has 1 unspecified atom stereocenters. The van der Waals surface area contributed by atoms with Gasteiger partial charge in [0.2, 0.25) is 0 Å². The zero-order chi connectivity index (χ0) is 16.4. The molecule has 1 heterocycles. The van der Waals surface area contributed by atoms with Crippen molar-refractivity contribution in [2.45, 2.75) is 64.6 Å². The van der Waals surface area contributed by atoms with E-state index < -0.39 is 6.10 Å². The van der Waals surface area contributed by atoms with Gasteiger partial charge in [0.1, 0.15) is 0 Å². The van der Waals surface area contributed by atoms with Crippen LogP contribution in [0.1, 0.15) is 43.4 Å². The summed E-state index contributed by atoms with van der Waals surface area (Å²) in [4.78, 5) is 0. The molecule has 24 heavy (non-hydrogen) atoms. The van der Waals surface area contributed by atoms with Crippen molar-refractivity contribution in [2.75, 3.05) is 6.54 Å². The maximum Gasteiger partial charge on any atom is 0.0843 e. The van der Waals surface area contributed by atoms with Crippen molar-refractivity contribution >= 4 is 34.9 Å². The second kappa shape index (κ2) is 8.57. The van der Waals surface area contributed by atoms with Crippen molar-refractivity contribution in [3.8, 4) is 0 Å². The number of benzene rings is 1. The Morgan fingerprint density at radius 3 is 2.67 bits per heavy atom. The van der Waals surface area contributed by atoms with E-state index in [1.807, 2.05) is 12.1 Å². The Morgan fingerprint density at radius 1 is 1.25 bits per heavy atom. The summed E-state index contributed by atoms with van der Waals surface area (Å²) in [6, 6.07) is 6.59. The van der Waals surface area contributed by atoms with Gasteiger partial charge in [-0.15, -0.1) is 12.4 Å². The number of nitrogens with one attached hydrogen (secondary N) is 1. The quantitative estimate of drug-likeness (QED) is 0.805. The van der Waals surface area contributed by atoms with E-state index in [2.05, 4.69) is 29.8 Å². The predicted octanol–water partition coefficient (Wildman–Crippen LogP) is 4.62. The van der Waals surface area contributed by atoms with Crippen molar-refractivity contribution in [3.05, 3.63) is 34.5 Å². The largest absolute Gasteiger partial charge is 0.390 e. The molecule has 5 heteroatoms. The van der Waals surface area contributed by atoms with Crippen molar-refractivity contribution in [2.24, 2.45) is 0 Å². The van der Waals surface area contributed by atoms with Gasteiger partial charge in [-0.2, -0.15) is 0 Å². The molecule has 3 rings (SSSR count). The fraction of sp³-hybridized carbons (Fsp3) is 0.579. The minimum absolute atomic E-state index is 0. The third-order valence-electron chi connectivity index (χ3n) is 5.25. The van der Waals surface area contributed by atoms with Crippen LogP contribution >= 0.6 is 24.0 Å². The highest BCUT2D eigenvalue weighted by Gasteiger charge is 2.18. The van der Waals surface area contributed by atoms with Crippen LogP contribution in [0, 0.1) is 13.8 Å². The van der Waals surface area contributed by atoms with E-state index in [9.17, 15) is 5.11 Å². The van der Waals surface area contributed by atoms with Gasteiger partial charge in [0.25, 0.3) is 0 Å². The molecule has 0 amide bonds. The molecule has 0 aliphatic heterocycles. The van der Waals surface area contributed by atoms with E-state index in [-0.39, 0.29) is 12.4 Å². The minimum Gasteiger partial charge on any atom is -0.390 e.